The summed E-state index contributed by atoms with van der Waals surface area (Å²) in [5.41, 5.74) is 10.0. The molecule has 2 aliphatic rings. The molecule has 3 aromatic carbocycles. The first kappa shape index (κ1) is 16.6. The summed E-state index contributed by atoms with van der Waals surface area (Å²) in [6.07, 6.45) is 9.18. The smallest absolute Gasteiger partial charge is 0 e. The first-order valence-corrected chi connectivity index (χ1v) is 8.71. The van der Waals surface area contributed by atoms with Gasteiger partial charge in [-0.05, 0) is 34.6 Å². The number of fused-ring (bicyclic) bond motifs is 4. The van der Waals surface area contributed by atoms with E-state index in [4.69, 9.17) is 0 Å². The molecule has 0 radical (unpaired) electrons. The number of hydrogen-bond donors (Lipinski definition) is 0. The zero-order valence-electron chi connectivity index (χ0n) is 14.1. The van der Waals surface area contributed by atoms with Gasteiger partial charge in [-0.2, -0.15) is 18.1 Å². The molecular weight excluding hydrogens is 379 g/mol. The van der Waals surface area contributed by atoms with E-state index in [0.717, 1.165) is 12.8 Å². The normalized spacial score (nSPS) is 15.9. The molecule has 0 fully saturated rings. The molecule has 5 rings (SSSR count). The van der Waals surface area contributed by atoms with Gasteiger partial charge in [0.2, 0.25) is 0 Å². The van der Waals surface area contributed by atoms with E-state index in [-0.39, 0.29) is 26.2 Å². The van der Waals surface area contributed by atoms with Crippen molar-refractivity contribution in [2.45, 2.75) is 18.8 Å². The summed E-state index contributed by atoms with van der Waals surface area (Å²) >= 11 is 0. The van der Waals surface area contributed by atoms with Gasteiger partial charge in [0.15, 0.2) is 0 Å². The van der Waals surface area contributed by atoms with E-state index < -0.39 is 0 Å². The maximum absolute atomic E-state index is 2.43. The molecule has 1 atom stereocenters. The molecule has 1 heteroatoms. The van der Waals surface area contributed by atoms with E-state index in [9.17, 15) is 0 Å². The molecule has 0 amide bonds. The van der Waals surface area contributed by atoms with Crippen LogP contribution in [0, 0.1) is 6.42 Å². The molecule has 0 aromatic heterocycles. The molecule has 0 N–H and O–H groups in total. The van der Waals surface area contributed by atoms with Gasteiger partial charge in [-0.3, -0.25) is 0 Å². The molecule has 120 valence electrons. The Morgan fingerprint density at radius 3 is 2.60 bits per heavy atom. The molecule has 0 nitrogen and oxygen atoms in total. The molecule has 0 spiro atoms. The van der Waals surface area contributed by atoms with Gasteiger partial charge in [-0.1, -0.05) is 78.7 Å². The third-order valence-corrected chi connectivity index (χ3v) is 5.38. The van der Waals surface area contributed by atoms with Crippen LogP contribution in [-0.2, 0) is 32.6 Å². The molecule has 3 aromatic rings. The Bertz CT molecular complexity index is 952. The van der Waals surface area contributed by atoms with Crippen molar-refractivity contribution in [1.82, 2.24) is 0 Å². The fourth-order valence-corrected chi connectivity index (χ4v) is 4.16. The van der Waals surface area contributed by atoms with E-state index in [1.807, 2.05) is 0 Å². The molecule has 1 unspecified atom stereocenters. The average molecular weight is 399 g/mol. The van der Waals surface area contributed by atoms with Crippen LogP contribution in [0.5, 0.6) is 0 Å². The summed E-state index contributed by atoms with van der Waals surface area (Å²) in [6.45, 7) is 0. The first-order valence-electron chi connectivity index (χ1n) is 8.71. The largest absolute Gasteiger partial charge is 0.188 e. The topological polar surface area (TPSA) is 0 Å². The standard InChI is InChI=1S/C24H19.Zr/c1-3-9-21-17(6-1)12-14-19(21)15-13-18-8-5-11-23-22-10-4-2-7-20(22)16-24(18)23;/h1-14,19H,15-16H2;/q-1;. The van der Waals surface area contributed by atoms with Crippen LogP contribution in [0.15, 0.2) is 72.8 Å². The Hall–Kier alpha value is -1.85. The van der Waals surface area contributed by atoms with Gasteiger partial charge >= 0.3 is 0 Å². The maximum atomic E-state index is 2.43. The minimum atomic E-state index is 0. The van der Waals surface area contributed by atoms with Crippen LogP contribution < -0.4 is 0 Å². The van der Waals surface area contributed by atoms with Gasteiger partial charge in [-0.15, -0.1) is 11.6 Å². The van der Waals surface area contributed by atoms with Crippen LogP contribution in [0.4, 0.5) is 0 Å². The van der Waals surface area contributed by atoms with Gasteiger partial charge in [0, 0.05) is 26.2 Å². The zero-order valence-corrected chi connectivity index (χ0v) is 16.5. The Morgan fingerprint density at radius 1 is 0.840 bits per heavy atom. The SMILES string of the molecule is C1=CC(C[CH-]c2cccc3c2Cc2ccccc2-3)c2ccccc21.[Zr]. The van der Waals surface area contributed by atoms with Crippen LogP contribution in [0.2, 0.25) is 0 Å². The predicted molar refractivity (Wildman–Crippen MR) is 101 cm³/mol. The zero-order chi connectivity index (χ0) is 15.9. The molecule has 0 saturated carbocycles. The second-order valence-corrected chi connectivity index (χ2v) is 6.74. The Labute approximate surface area is 168 Å². The van der Waals surface area contributed by atoms with Gasteiger partial charge in [0.05, 0.1) is 0 Å². The van der Waals surface area contributed by atoms with E-state index in [2.05, 4.69) is 85.3 Å². The Balaban J connectivity index is 0.00000157. The molecule has 0 aliphatic heterocycles. The first-order chi connectivity index (χ1) is 11.9. The molecule has 25 heavy (non-hydrogen) atoms. The molecule has 0 heterocycles. The van der Waals surface area contributed by atoms with E-state index >= 15 is 0 Å². The van der Waals surface area contributed by atoms with Crippen molar-refractivity contribution >= 4 is 6.08 Å². The minimum absolute atomic E-state index is 0. The molecule has 0 saturated heterocycles. The summed E-state index contributed by atoms with van der Waals surface area (Å²) < 4.78 is 0. The molecule has 2 aliphatic carbocycles. The monoisotopic (exact) mass is 397 g/mol. The third kappa shape index (κ3) is 2.85. The minimum Gasteiger partial charge on any atom is -0.188 e. The van der Waals surface area contributed by atoms with E-state index in [0.29, 0.717) is 5.92 Å². The number of allylic oxidation sites excluding steroid dienone is 1. The summed E-state index contributed by atoms with van der Waals surface area (Å²) in [5, 5.41) is 0. The number of hydrogen-bond acceptors (Lipinski definition) is 0. The van der Waals surface area contributed by atoms with Crippen LogP contribution in [-0.4, -0.2) is 0 Å². The van der Waals surface area contributed by atoms with Gasteiger partial charge < -0.3 is 0 Å². The van der Waals surface area contributed by atoms with Crippen molar-refractivity contribution < 1.29 is 26.2 Å². The van der Waals surface area contributed by atoms with Gasteiger partial charge in [0.25, 0.3) is 0 Å². The quantitative estimate of drug-likeness (QED) is 0.371. The summed E-state index contributed by atoms with van der Waals surface area (Å²) in [6, 6.07) is 24.3. The van der Waals surface area contributed by atoms with Crippen molar-refractivity contribution in [3.8, 4) is 11.1 Å². The van der Waals surface area contributed by atoms with Gasteiger partial charge in [-0.25, -0.2) is 0 Å². The van der Waals surface area contributed by atoms with Crippen molar-refractivity contribution in [1.29, 1.82) is 0 Å². The predicted octanol–water partition coefficient (Wildman–Crippen LogP) is 6.01. The second-order valence-electron chi connectivity index (χ2n) is 6.74. The van der Waals surface area contributed by atoms with Crippen LogP contribution >= 0.6 is 0 Å². The van der Waals surface area contributed by atoms with Crippen molar-refractivity contribution in [3.63, 3.8) is 0 Å². The number of benzene rings is 3. The fourth-order valence-electron chi connectivity index (χ4n) is 4.16. The second kappa shape index (κ2) is 6.81. The summed E-state index contributed by atoms with van der Waals surface area (Å²) in [7, 11) is 0. The summed E-state index contributed by atoms with van der Waals surface area (Å²) in [4.78, 5) is 0. The summed E-state index contributed by atoms with van der Waals surface area (Å²) in [5.74, 6) is 0.515. The van der Waals surface area contributed by atoms with Crippen LogP contribution in [0.3, 0.4) is 0 Å². The fraction of sp³-hybridized carbons (Fsp3) is 0.125. The number of rotatable bonds is 3. The van der Waals surface area contributed by atoms with E-state index in [1.54, 1.807) is 0 Å². The van der Waals surface area contributed by atoms with Gasteiger partial charge in [0.1, 0.15) is 0 Å². The Kier molecular flexibility index (Phi) is 4.52. The van der Waals surface area contributed by atoms with Crippen molar-refractivity contribution in [2.75, 3.05) is 0 Å². The van der Waals surface area contributed by atoms with Crippen LogP contribution in [0.25, 0.3) is 17.2 Å². The molecule has 0 bridgehead atoms. The van der Waals surface area contributed by atoms with Crippen molar-refractivity contribution in [2.24, 2.45) is 0 Å². The maximum Gasteiger partial charge on any atom is 0 e. The van der Waals surface area contributed by atoms with Crippen molar-refractivity contribution in [3.05, 3.63) is 107 Å². The third-order valence-electron chi connectivity index (χ3n) is 5.38. The van der Waals surface area contributed by atoms with E-state index in [1.165, 1.54) is 38.9 Å². The van der Waals surface area contributed by atoms with Crippen LogP contribution in [0.1, 0.15) is 40.2 Å². The molecular formula is C24H19Zr-. The Morgan fingerprint density at radius 2 is 1.64 bits per heavy atom. The average Bonchev–Trinajstić information content (AvgIpc) is 3.21.